The molecular formula is C12H24N2O. The van der Waals surface area contributed by atoms with Gasteiger partial charge >= 0.3 is 0 Å². The summed E-state index contributed by atoms with van der Waals surface area (Å²) in [4.78, 5) is 10.8. The van der Waals surface area contributed by atoms with Crippen LogP contribution in [0.1, 0.15) is 52.4 Å². The lowest BCUT2D eigenvalue weighted by atomic mass is 9.95. The molecule has 0 aromatic rings. The van der Waals surface area contributed by atoms with Crippen LogP contribution in [0.25, 0.3) is 0 Å². The number of carbonyl (C=O) groups excluding carboxylic acids is 1. The fourth-order valence-electron chi connectivity index (χ4n) is 2.23. The summed E-state index contributed by atoms with van der Waals surface area (Å²) in [6, 6.07) is 1.02. The van der Waals surface area contributed by atoms with Gasteiger partial charge in [-0.1, -0.05) is 19.3 Å². The Bertz CT molecular complexity index is 188. The first-order valence-corrected chi connectivity index (χ1v) is 6.19. The van der Waals surface area contributed by atoms with Crippen LogP contribution in [-0.4, -0.2) is 24.5 Å². The molecule has 1 rings (SSSR count). The van der Waals surface area contributed by atoms with Crippen molar-refractivity contribution < 1.29 is 4.79 Å². The Kier molecular flexibility index (Phi) is 5.69. The van der Waals surface area contributed by atoms with E-state index in [1.54, 1.807) is 6.92 Å². The van der Waals surface area contributed by atoms with Gasteiger partial charge in [0.25, 0.3) is 0 Å². The monoisotopic (exact) mass is 212 g/mol. The molecule has 0 aromatic heterocycles. The van der Waals surface area contributed by atoms with Crippen LogP contribution in [0.5, 0.6) is 0 Å². The average Bonchev–Trinajstić information content (AvgIpc) is 2.18. The fourth-order valence-corrected chi connectivity index (χ4v) is 2.23. The zero-order chi connectivity index (χ0) is 11.1. The molecule has 0 bridgehead atoms. The van der Waals surface area contributed by atoms with Gasteiger partial charge in [0.1, 0.15) is 0 Å². The molecule has 88 valence electrons. The minimum atomic E-state index is 0.0696. The number of amides is 1. The molecule has 0 radical (unpaired) electrons. The maximum absolute atomic E-state index is 10.8. The van der Waals surface area contributed by atoms with Gasteiger partial charge in [-0.15, -0.1) is 0 Å². The molecule has 1 aliphatic rings. The Morgan fingerprint density at radius 2 is 2.00 bits per heavy atom. The van der Waals surface area contributed by atoms with E-state index in [-0.39, 0.29) is 5.91 Å². The minimum absolute atomic E-state index is 0.0696. The molecule has 0 unspecified atom stereocenters. The maximum atomic E-state index is 10.8. The van der Waals surface area contributed by atoms with Gasteiger partial charge in [-0.3, -0.25) is 4.79 Å². The first kappa shape index (κ1) is 12.5. The zero-order valence-corrected chi connectivity index (χ0v) is 10.0. The standard InChI is InChI=1S/C12H24N2O/c1-10(14-11(2)15)8-9-13-12-6-4-3-5-7-12/h10,12-13H,3-9H2,1-2H3,(H,14,15)/t10-/m0/s1. The summed E-state index contributed by atoms with van der Waals surface area (Å²) in [5.74, 6) is 0.0696. The van der Waals surface area contributed by atoms with Crippen LogP contribution in [0.2, 0.25) is 0 Å². The average molecular weight is 212 g/mol. The Hall–Kier alpha value is -0.570. The SMILES string of the molecule is CC(=O)N[C@@H](C)CCNC1CCCCC1. The molecule has 15 heavy (non-hydrogen) atoms. The maximum Gasteiger partial charge on any atom is 0.217 e. The quantitative estimate of drug-likeness (QED) is 0.730. The Morgan fingerprint density at radius 1 is 1.33 bits per heavy atom. The molecule has 0 spiro atoms. The summed E-state index contributed by atoms with van der Waals surface area (Å²) in [6.45, 7) is 4.65. The summed E-state index contributed by atoms with van der Waals surface area (Å²) in [7, 11) is 0. The molecule has 1 amide bonds. The third-order valence-electron chi connectivity index (χ3n) is 3.07. The molecule has 1 aliphatic carbocycles. The second kappa shape index (κ2) is 6.83. The van der Waals surface area contributed by atoms with Crippen LogP contribution in [0.4, 0.5) is 0 Å². The highest BCUT2D eigenvalue weighted by Crippen LogP contribution is 2.17. The van der Waals surface area contributed by atoms with E-state index < -0.39 is 0 Å². The highest BCUT2D eigenvalue weighted by molar-refractivity contribution is 5.73. The van der Waals surface area contributed by atoms with E-state index >= 15 is 0 Å². The third kappa shape index (κ3) is 5.78. The van der Waals surface area contributed by atoms with E-state index in [0.29, 0.717) is 6.04 Å². The molecule has 3 nitrogen and oxygen atoms in total. The van der Waals surface area contributed by atoms with Crippen molar-refractivity contribution >= 4 is 5.91 Å². The first-order valence-electron chi connectivity index (χ1n) is 6.19. The Balaban J connectivity index is 2.02. The molecule has 0 saturated heterocycles. The van der Waals surface area contributed by atoms with Crippen molar-refractivity contribution in [2.45, 2.75) is 64.5 Å². The van der Waals surface area contributed by atoms with Crippen LogP contribution in [0.15, 0.2) is 0 Å². The van der Waals surface area contributed by atoms with Crippen molar-refractivity contribution in [3.8, 4) is 0 Å². The van der Waals surface area contributed by atoms with Gasteiger partial charge < -0.3 is 10.6 Å². The van der Waals surface area contributed by atoms with E-state index in [1.165, 1.54) is 32.1 Å². The highest BCUT2D eigenvalue weighted by Gasteiger charge is 2.12. The lowest BCUT2D eigenvalue weighted by Crippen LogP contribution is -2.37. The van der Waals surface area contributed by atoms with Crippen molar-refractivity contribution in [1.29, 1.82) is 0 Å². The van der Waals surface area contributed by atoms with Crippen molar-refractivity contribution in [2.75, 3.05) is 6.54 Å². The summed E-state index contributed by atoms with van der Waals surface area (Å²) < 4.78 is 0. The smallest absolute Gasteiger partial charge is 0.217 e. The highest BCUT2D eigenvalue weighted by atomic mass is 16.1. The van der Waals surface area contributed by atoms with Gasteiger partial charge in [-0.05, 0) is 32.7 Å². The molecule has 1 fully saturated rings. The largest absolute Gasteiger partial charge is 0.354 e. The van der Waals surface area contributed by atoms with Gasteiger partial charge in [0, 0.05) is 19.0 Å². The van der Waals surface area contributed by atoms with Crippen LogP contribution in [-0.2, 0) is 4.79 Å². The van der Waals surface area contributed by atoms with Crippen molar-refractivity contribution in [1.82, 2.24) is 10.6 Å². The summed E-state index contributed by atoms with van der Waals surface area (Å²) in [5, 5.41) is 6.48. The van der Waals surface area contributed by atoms with Crippen LogP contribution in [0.3, 0.4) is 0 Å². The molecular weight excluding hydrogens is 188 g/mol. The summed E-state index contributed by atoms with van der Waals surface area (Å²) in [6.07, 6.45) is 7.83. The predicted molar refractivity (Wildman–Crippen MR) is 62.8 cm³/mol. The predicted octanol–water partition coefficient (Wildman–Crippen LogP) is 1.82. The van der Waals surface area contributed by atoms with Crippen LogP contribution >= 0.6 is 0 Å². The van der Waals surface area contributed by atoms with Crippen molar-refractivity contribution in [2.24, 2.45) is 0 Å². The van der Waals surface area contributed by atoms with E-state index in [9.17, 15) is 4.79 Å². The van der Waals surface area contributed by atoms with Gasteiger partial charge in [-0.2, -0.15) is 0 Å². The normalized spacial score (nSPS) is 19.9. The van der Waals surface area contributed by atoms with Gasteiger partial charge in [-0.25, -0.2) is 0 Å². The fraction of sp³-hybridized carbons (Fsp3) is 0.917. The van der Waals surface area contributed by atoms with Gasteiger partial charge in [0.05, 0.1) is 0 Å². The van der Waals surface area contributed by atoms with E-state index in [2.05, 4.69) is 17.6 Å². The van der Waals surface area contributed by atoms with E-state index in [0.717, 1.165) is 19.0 Å². The van der Waals surface area contributed by atoms with Crippen molar-refractivity contribution in [3.05, 3.63) is 0 Å². The molecule has 3 heteroatoms. The third-order valence-corrected chi connectivity index (χ3v) is 3.07. The molecule has 0 aliphatic heterocycles. The molecule has 0 aromatic carbocycles. The second-order valence-electron chi connectivity index (χ2n) is 4.68. The molecule has 2 N–H and O–H groups in total. The lowest BCUT2D eigenvalue weighted by molar-refractivity contribution is -0.119. The van der Waals surface area contributed by atoms with Gasteiger partial charge in [0.2, 0.25) is 5.91 Å². The summed E-state index contributed by atoms with van der Waals surface area (Å²) >= 11 is 0. The first-order chi connectivity index (χ1) is 7.18. The number of nitrogens with one attached hydrogen (secondary N) is 2. The molecule has 1 atom stereocenters. The van der Waals surface area contributed by atoms with Gasteiger partial charge in [0.15, 0.2) is 0 Å². The zero-order valence-electron chi connectivity index (χ0n) is 10.0. The Labute approximate surface area is 93.0 Å². The topological polar surface area (TPSA) is 41.1 Å². The number of rotatable bonds is 5. The molecule has 0 heterocycles. The molecule has 1 saturated carbocycles. The minimum Gasteiger partial charge on any atom is -0.354 e. The van der Waals surface area contributed by atoms with Crippen molar-refractivity contribution in [3.63, 3.8) is 0 Å². The van der Waals surface area contributed by atoms with E-state index in [4.69, 9.17) is 0 Å². The number of hydrogen-bond acceptors (Lipinski definition) is 2. The second-order valence-corrected chi connectivity index (χ2v) is 4.68. The number of hydrogen-bond donors (Lipinski definition) is 2. The van der Waals surface area contributed by atoms with Crippen LogP contribution in [0, 0.1) is 0 Å². The van der Waals surface area contributed by atoms with Crippen LogP contribution < -0.4 is 10.6 Å². The number of carbonyl (C=O) groups is 1. The van der Waals surface area contributed by atoms with E-state index in [1.807, 2.05) is 0 Å². The summed E-state index contributed by atoms with van der Waals surface area (Å²) in [5.41, 5.74) is 0. The Morgan fingerprint density at radius 3 is 2.60 bits per heavy atom. The lowest BCUT2D eigenvalue weighted by Gasteiger charge is -2.23.